The van der Waals surface area contributed by atoms with E-state index in [0.717, 1.165) is 55.8 Å². The van der Waals surface area contributed by atoms with Gasteiger partial charge in [-0.1, -0.05) is 13.8 Å². The average molecular weight is 278 g/mol. The van der Waals surface area contributed by atoms with E-state index < -0.39 is 0 Å². The number of nitrogens with two attached hydrogens (primary N) is 1. The average Bonchev–Trinajstić information content (AvgIpc) is 2.82. The quantitative estimate of drug-likeness (QED) is 0.918. The third-order valence-electron chi connectivity index (χ3n) is 4.19. The molecular weight excluding hydrogens is 252 g/mol. The number of aryl methyl sites for hydroxylation is 1. The van der Waals surface area contributed by atoms with Crippen LogP contribution in [0.25, 0.3) is 0 Å². The van der Waals surface area contributed by atoms with Gasteiger partial charge in [0.1, 0.15) is 6.04 Å². The zero-order chi connectivity index (χ0) is 14.7. The molecule has 0 saturated carbocycles. The van der Waals surface area contributed by atoms with Crippen molar-refractivity contribution in [2.45, 2.75) is 58.9 Å². The normalized spacial score (nSPS) is 17.2. The van der Waals surface area contributed by atoms with Crippen LogP contribution in [0.1, 0.15) is 57.5 Å². The summed E-state index contributed by atoms with van der Waals surface area (Å²) in [6.45, 7) is 7.78. The van der Waals surface area contributed by atoms with E-state index in [-0.39, 0.29) is 11.9 Å². The zero-order valence-corrected chi connectivity index (χ0v) is 12.9. The molecule has 1 saturated heterocycles. The number of carbonyl (C=O) groups is 1. The number of hydrogen-bond acceptors (Lipinski definition) is 3. The highest BCUT2D eigenvalue weighted by atomic mass is 16.2. The summed E-state index contributed by atoms with van der Waals surface area (Å²) in [5.74, 6) is 0.171. The van der Waals surface area contributed by atoms with Crippen LogP contribution in [0.5, 0.6) is 0 Å². The topological polar surface area (TPSA) is 64.2 Å². The van der Waals surface area contributed by atoms with Gasteiger partial charge in [0.2, 0.25) is 5.91 Å². The van der Waals surface area contributed by atoms with Crippen LogP contribution in [0.4, 0.5) is 5.69 Å². The number of amides is 1. The Balaban J connectivity index is 2.23. The third kappa shape index (κ3) is 2.67. The molecule has 1 aliphatic rings. The lowest BCUT2D eigenvalue weighted by atomic mass is 10.1. The lowest BCUT2D eigenvalue weighted by Gasteiger charge is -2.29. The Bertz CT molecular complexity index is 474. The Kier molecular flexibility index (Phi) is 4.68. The molecule has 2 rings (SSSR count). The summed E-state index contributed by atoms with van der Waals surface area (Å²) >= 11 is 0. The van der Waals surface area contributed by atoms with Gasteiger partial charge in [-0.2, -0.15) is 5.10 Å². The molecule has 1 aromatic rings. The molecule has 1 unspecified atom stereocenters. The molecule has 5 heteroatoms. The van der Waals surface area contributed by atoms with E-state index in [1.54, 1.807) is 0 Å². The molecule has 0 aliphatic carbocycles. The number of nitrogens with zero attached hydrogens (tertiary/aromatic N) is 3. The van der Waals surface area contributed by atoms with E-state index in [4.69, 9.17) is 5.73 Å². The van der Waals surface area contributed by atoms with Gasteiger partial charge in [-0.05, 0) is 39.0 Å². The van der Waals surface area contributed by atoms with Gasteiger partial charge >= 0.3 is 0 Å². The number of carbonyl (C=O) groups excluding carboxylic acids is 1. The standard InChI is InChI=1S/C15H26N4O/c1-4-12-14(16)13(5-2)19(17-12)11(3)15(20)18-9-7-6-8-10-18/h11H,4-10,16H2,1-3H3. The Morgan fingerprint density at radius 1 is 1.25 bits per heavy atom. The molecule has 0 aromatic carbocycles. The van der Waals surface area contributed by atoms with Gasteiger partial charge in [-0.3, -0.25) is 9.48 Å². The summed E-state index contributed by atoms with van der Waals surface area (Å²) in [5.41, 5.74) is 8.78. The predicted octanol–water partition coefficient (Wildman–Crippen LogP) is 2.16. The van der Waals surface area contributed by atoms with Crippen molar-refractivity contribution in [3.05, 3.63) is 11.4 Å². The molecule has 2 heterocycles. The molecule has 0 radical (unpaired) electrons. The van der Waals surface area contributed by atoms with Crippen LogP contribution in [0.2, 0.25) is 0 Å². The lowest BCUT2D eigenvalue weighted by molar-refractivity contribution is -0.135. The van der Waals surface area contributed by atoms with Gasteiger partial charge in [0.25, 0.3) is 0 Å². The van der Waals surface area contributed by atoms with Crippen molar-refractivity contribution in [3.63, 3.8) is 0 Å². The number of aromatic nitrogens is 2. The Labute approximate surface area is 121 Å². The van der Waals surface area contributed by atoms with Crippen LogP contribution in [0.15, 0.2) is 0 Å². The minimum absolute atomic E-state index is 0.171. The summed E-state index contributed by atoms with van der Waals surface area (Å²) < 4.78 is 1.84. The second-order valence-corrected chi connectivity index (χ2v) is 5.52. The summed E-state index contributed by atoms with van der Waals surface area (Å²) in [7, 11) is 0. The van der Waals surface area contributed by atoms with Gasteiger partial charge in [0.15, 0.2) is 0 Å². The monoisotopic (exact) mass is 278 g/mol. The van der Waals surface area contributed by atoms with Gasteiger partial charge in [0, 0.05) is 13.1 Å². The third-order valence-corrected chi connectivity index (χ3v) is 4.19. The Hall–Kier alpha value is -1.52. The van der Waals surface area contributed by atoms with Gasteiger partial charge < -0.3 is 10.6 Å². The van der Waals surface area contributed by atoms with E-state index in [1.807, 2.05) is 23.4 Å². The fourth-order valence-electron chi connectivity index (χ4n) is 2.95. The number of anilines is 1. The van der Waals surface area contributed by atoms with Crippen molar-refractivity contribution in [2.24, 2.45) is 0 Å². The number of nitrogen functional groups attached to an aromatic ring is 1. The highest BCUT2D eigenvalue weighted by Gasteiger charge is 2.26. The van der Waals surface area contributed by atoms with Crippen molar-refractivity contribution in [1.82, 2.24) is 14.7 Å². The first kappa shape index (κ1) is 14.9. The first-order valence-electron chi connectivity index (χ1n) is 7.74. The first-order valence-corrected chi connectivity index (χ1v) is 7.74. The van der Waals surface area contributed by atoms with Gasteiger partial charge in [0.05, 0.1) is 17.1 Å². The number of hydrogen-bond donors (Lipinski definition) is 1. The molecule has 112 valence electrons. The second-order valence-electron chi connectivity index (χ2n) is 5.52. The highest BCUT2D eigenvalue weighted by molar-refractivity contribution is 5.80. The van der Waals surface area contributed by atoms with Crippen LogP contribution >= 0.6 is 0 Å². The minimum atomic E-state index is -0.259. The maximum atomic E-state index is 12.6. The highest BCUT2D eigenvalue weighted by Crippen LogP contribution is 2.24. The SMILES string of the molecule is CCc1nn(C(C)C(=O)N2CCCCC2)c(CC)c1N. The molecule has 1 amide bonds. The van der Waals surface area contributed by atoms with Crippen molar-refractivity contribution < 1.29 is 4.79 Å². The van der Waals surface area contributed by atoms with Crippen LogP contribution in [-0.4, -0.2) is 33.7 Å². The summed E-state index contributed by atoms with van der Waals surface area (Å²) in [6.07, 6.45) is 5.06. The molecule has 1 fully saturated rings. The van der Waals surface area contributed by atoms with E-state index in [0.29, 0.717) is 0 Å². The zero-order valence-electron chi connectivity index (χ0n) is 12.9. The first-order chi connectivity index (χ1) is 9.60. The van der Waals surface area contributed by atoms with Crippen LogP contribution in [-0.2, 0) is 17.6 Å². The maximum absolute atomic E-state index is 12.6. The van der Waals surface area contributed by atoms with E-state index in [2.05, 4.69) is 12.0 Å². The smallest absolute Gasteiger partial charge is 0.247 e. The van der Waals surface area contributed by atoms with Gasteiger partial charge in [-0.15, -0.1) is 0 Å². The van der Waals surface area contributed by atoms with E-state index >= 15 is 0 Å². The van der Waals surface area contributed by atoms with Gasteiger partial charge in [-0.25, -0.2) is 0 Å². The van der Waals surface area contributed by atoms with E-state index in [1.165, 1.54) is 6.42 Å². The van der Waals surface area contributed by atoms with E-state index in [9.17, 15) is 4.79 Å². The molecule has 1 aromatic heterocycles. The largest absolute Gasteiger partial charge is 0.396 e. The minimum Gasteiger partial charge on any atom is -0.396 e. The van der Waals surface area contributed by atoms with Crippen molar-refractivity contribution in [2.75, 3.05) is 18.8 Å². The lowest BCUT2D eigenvalue weighted by Crippen LogP contribution is -2.40. The number of rotatable bonds is 4. The summed E-state index contributed by atoms with van der Waals surface area (Å²) in [4.78, 5) is 14.6. The molecule has 5 nitrogen and oxygen atoms in total. The maximum Gasteiger partial charge on any atom is 0.247 e. The van der Waals surface area contributed by atoms with Crippen LogP contribution < -0.4 is 5.73 Å². The second kappa shape index (κ2) is 6.29. The molecule has 2 N–H and O–H groups in total. The number of piperidine rings is 1. The molecule has 1 atom stereocenters. The van der Waals surface area contributed by atoms with Crippen molar-refractivity contribution in [1.29, 1.82) is 0 Å². The van der Waals surface area contributed by atoms with Crippen LogP contribution in [0.3, 0.4) is 0 Å². The molecule has 1 aliphatic heterocycles. The fourth-order valence-corrected chi connectivity index (χ4v) is 2.95. The predicted molar refractivity (Wildman–Crippen MR) is 80.5 cm³/mol. The van der Waals surface area contributed by atoms with Crippen LogP contribution in [0, 0.1) is 0 Å². The summed E-state index contributed by atoms with van der Waals surface area (Å²) in [6, 6.07) is -0.259. The Morgan fingerprint density at radius 2 is 1.90 bits per heavy atom. The Morgan fingerprint density at radius 3 is 2.45 bits per heavy atom. The van der Waals surface area contributed by atoms with Crippen molar-refractivity contribution in [3.8, 4) is 0 Å². The summed E-state index contributed by atoms with van der Waals surface area (Å²) in [5, 5.41) is 4.56. The fraction of sp³-hybridized carbons (Fsp3) is 0.733. The molecule has 0 bridgehead atoms. The number of likely N-dealkylation sites (tertiary alicyclic amines) is 1. The molecular formula is C15H26N4O. The van der Waals surface area contributed by atoms with Crippen molar-refractivity contribution >= 4 is 11.6 Å². The molecule has 0 spiro atoms. The molecule has 20 heavy (non-hydrogen) atoms.